The highest BCUT2D eigenvalue weighted by molar-refractivity contribution is 7.86. The van der Waals surface area contributed by atoms with Crippen LogP contribution in [0.1, 0.15) is 0 Å². The molecule has 3 aromatic heterocycles. The SMILES string of the molecule is CS(=O)c1ccc(-c2ncnc3ccc(-c4cn[nH]c4-c4ccc(F)cc4)cc23)s1. The van der Waals surface area contributed by atoms with Crippen LogP contribution < -0.4 is 0 Å². The number of hydrogen-bond acceptors (Lipinski definition) is 5. The highest BCUT2D eigenvalue weighted by atomic mass is 32.2. The number of aromatic nitrogens is 4. The maximum Gasteiger partial charge on any atom is 0.123 e. The van der Waals surface area contributed by atoms with Gasteiger partial charge in [0.2, 0.25) is 0 Å². The molecule has 0 saturated carbocycles. The lowest BCUT2D eigenvalue weighted by atomic mass is 9.99. The van der Waals surface area contributed by atoms with Crippen molar-refractivity contribution in [2.45, 2.75) is 4.21 Å². The molecule has 0 fully saturated rings. The summed E-state index contributed by atoms with van der Waals surface area (Å²) in [5, 5.41) is 8.11. The number of thiophene rings is 1. The Bertz CT molecular complexity index is 1390. The molecule has 148 valence electrons. The fourth-order valence-corrected chi connectivity index (χ4v) is 5.11. The summed E-state index contributed by atoms with van der Waals surface area (Å²) in [7, 11) is -1.03. The van der Waals surface area contributed by atoms with Crippen LogP contribution in [0, 0.1) is 5.82 Å². The zero-order chi connectivity index (χ0) is 20.7. The maximum atomic E-state index is 13.3. The van der Waals surface area contributed by atoms with E-state index in [9.17, 15) is 8.60 Å². The van der Waals surface area contributed by atoms with Crippen LogP contribution in [0.3, 0.4) is 0 Å². The van der Waals surface area contributed by atoms with Gasteiger partial charge in [-0.15, -0.1) is 11.3 Å². The smallest absolute Gasteiger partial charge is 0.123 e. The second-order valence-electron chi connectivity index (χ2n) is 6.69. The quantitative estimate of drug-likeness (QED) is 0.417. The molecule has 0 aliphatic rings. The van der Waals surface area contributed by atoms with E-state index in [4.69, 9.17) is 0 Å². The molecule has 0 saturated heterocycles. The van der Waals surface area contributed by atoms with Crippen LogP contribution in [-0.4, -0.2) is 30.6 Å². The minimum atomic E-state index is -1.03. The van der Waals surface area contributed by atoms with Gasteiger partial charge >= 0.3 is 0 Å². The molecule has 0 aliphatic carbocycles. The second-order valence-corrected chi connectivity index (χ2v) is 9.38. The van der Waals surface area contributed by atoms with Gasteiger partial charge in [0.15, 0.2) is 0 Å². The minimum absolute atomic E-state index is 0.282. The Morgan fingerprint density at radius 3 is 2.57 bits per heavy atom. The minimum Gasteiger partial charge on any atom is -0.277 e. The van der Waals surface area contributed by atoms with Gasteiger partial charge in [-0.2, -0.15) is 5.10 Å². The van der Waals surface area contributed by atoms with Crippen molar-refractivity contribution >= 4 is 33.0 Å². The molecule has 0 bridgehead atoms. The summed E-state index contributed by atoms with van der Waals surface area (Å²) in [6.07, 6.45) is 4.97. The molecule has 1 atom stereocenters. The van der Waals surface area contributed by atoms with E-state index >= 15 is 0 Å². The third-order valence-corrected chi connectivity index (χ3v) is 7.36. The largest absolute Gasteiger partial charge is 0.277 e. The topological polar surface area (TPSA) is 71.5 Å². The molecule has 3 heterocycles. The first-order chi connectivity index (χ1) is 14.6. The second kappa shape index (κ2) is 7.55. The first-order valence-corrected chi connectivity index (χ1v) is 11.5. The van der Waals surface area contributed by atoms with Gasteiger partial charge in [0.25, 0.3) is 0 Å². The third kappa shape index (κ3) is 3.34. The summed E-state index contributed by atoms with van der Waals surface area (Å²) in [5.74, 6) is -0.282. The first kappa shape index (κ1) is 18.8. The molecule has 5 nitrogen and oxygen atoms in total. The van der Waals surface area contributed by atoms with Gasteiger partial charge in [0.05, 0.1) is 43.0 Å². The zero-order valence-corrected chi connectivity index (χ0v) is 17.4. The number of nitrogens with zero attached hydrogens (tertiary/aromatic N) is 3. The molecule has 5 rings (SSSR count). The molecule has 2 aromatic carbocycles. The summed E-state index contributed by atoms with van der Waals surface area (Å²) in [6.45, 7) is 0. The molecule has 0 spiro atoms. The molecule has 5 aromatic rings. The maximum absolute atomic E-state index is 13.3. The number of benzene rings is 2. The lowest BCUT2D eigenvalue weighted by Gasteiger charge is -2.07. The van der Waals surface area contributed by atoms with E-state index < -0.39 is 10.8 Å². The lowest BCUT2D eigenvalue weighted by molar-refractivity contribution is 0.628. The van der Waals surface area contributed by atoms with Crippen molar-refractivity contribution in [2.75, 3.05) is 6.26 Å². The molecule has 1 N–H and O–H groups in total. The van der Waals surface area contributed by atoms with E-state index in [-0.39, 0.29) is 5.82 Å². The van der Waals surface area contributed by atoms with Gasteiger partial charge in [0.1, 0.15) is 12.1 Å². The van der Waals surface area contributed by atoms with Crippen LogP contribution in [0.5, 0.6) is 0 Å². The molecule has 0 amide bonds. The summed E-state index contributed by atoms with van der Waals surface area (Å²) in [4.78, 5) is 9.83. The number of aromatic amines is 1. The number of nitrogens with one attached hydrogen (secondary N) is 1. The first-order valence-electron chi connectivity index (χ1n) is 9.08. The summed E-state index contributed by atoms with van der Waals surface area (Å²) < 4.78 is 25.9. The van der Waals surface area contributed by atoms with Gasteiger partial charge in [-0.05, 0) is 54.1 Å². The van der Waals surface area contributed by atoms with Gasteiger partial charge in [0, 0.05) is 22.8 Å². The van der Waals surface area contributed by atoms with Crippen LogP contribution in [0.25, 0.3) is 43.9 Å². The van der Waals surface area contributed by atoms with Crippen molar-refractivity contribution in [3.05, 3.63) is 72.9 Å². The highest BCUT2D eigenvalue weighted by Gasteiger charge is 2.14. The Balaban J connectivity index is 1.65. The monoisotopic (exact) mass is 434 g/mol. The number of fused-ring (bicyclic) bond motifs is 1. The molecule has 8 heteroatoms. The summed E-state index contributed by atoms with van der Waals surface area (Å²) in [6, 6.07) is 16.1. The highest BCUT2D eigenvalue weighted by Crippen LogP contribution is 2.36. The van der Waals surface area contributed by atoms with Gasteiger partial charge < -0.3 is 0 Å². The van der Waals surface area contributed by atoms with Crippen molar-refractivity contribution in [2.24, 2.45) is 0 Å². The third-order valence-electron chi connectivity index (χ3n) is 4.82. The van der Waals surface area contributed by atoms with E-state index in [1.54, 1.807) is 30.9 Å². The molecule has 0 aliphatic heterocycles. The average Bonchev–Trinajstić information content (AvgIpc) is 3.44. The van der Waals surface area contributed by atoms with Crippen LogP contribution in [0.4, 0.5) is 4.39 Å². The molecule has 30 heavy (non-hydrogen) atoms. The average molecular weight is 435 g/mol. The molecule has 0 radical (unpaired) electrons. The van der Waals surface area contributed by atoms with Crippen molar-refractivity contribution in [1.29, 1.82) is 0 Å². The van der Waals surface area contributed by atoms with E-state index in [1.165, 1.54) is 23.5 Å². The predicted molar refractivity (Wildman–Crippen MR) is 118 cm³/mol. The Morgan fingerprint density at radius 1 is 1.00 bits per heavy atom. The van der Waals surface area contributed by atoms with Crippen LogP contribution in [0.15, 0.2) is 71.3 Å². The summed E-state index contributed by atoms with van der Waals surface area (Å²) >= 11 is 1.47. The number of rotatable bonds is 4. The van der Waals surface area contributed by atoms with Crippen molar-refractivity contribution in [1.82, 2.24) is 20.2 Å². The predicted octanol–water partition coefficient (Wildman–Crippen LogP) is 5.29. The van der Waals surface area contributed by atoms with Crippen molar-refractivity contribution in [3.8, 4) is 33.0 Å². The Kier molecular flexibility index (Phi) is 4.72. The summed E-state index contributed by atoms with van der Waals surface area (Å²) in [5.41, 5.74) is 5.13. The van der Waals surface area contributed by atoms with E-state index in [0.717, 1.165) is 48.1 Å². The number of halogens is 1. The number of H-pyrrole nitrogens is 1. The number of hydrogen-bond donors (Lipinski definition) is 1. The van der Waals surface area contributed by atoms with Gasteiger partial charge in [-0.3, -0.25) is 9.31 Å². The fourth-order valence-electron chi connectivity index (χ4n) is 3.36. The van der Waals surface area contributed by atoms with Crippen LogP contribution >= 0.6 is 11.3 Å². The normalized spacial score (nSPS) is 12.3. The molecular weight excluding hydrogens is 419 g/mol. The van der Waals surface area contributed by atoms with Crippen LogP contribution in [0.2, 0.25) is 0 Å². The van der Waals surface area contributed by atoms with Crippen molar-refractivity contribution in [3.63, 3.8) is 0 Å². The van der Waals surface area contributed by atoms with Gasteiger partial charge in [-0.1, -0.05) is 6.07 Å². The molecule has 1 unspecified atom stereocenters. The Labute approximate surface area is 178 Å². The zero-order valence-electron chi connectivity index (χ0n) is 15.8. The standard InChI is InChI=1S/C22H15FN4OS2/c1-30(28)20-9-8-19(29-20)22-16-10-14(4-7-18(16)24-12-25-22)17-11-26-27-21(17)13-2-5-15(23)6-3-13/h2-12H,1H3,(H,26,27). The fraction of sp³-hybridized carbons (Fsp3) is 0.0455. The Hall–Kier alpha value is -3.23. The van der Waals surface area contributed by atoms with Crippen LogP contribution in [-0.2, 0) is 10.8 Å². The molecular formula is C22H15FN4OS2. The van der Waals surface area contributed by atoms with Crippen molar-refractivity contribution < 1.29 is 8.60 Å². The van der Waals surface area contributed by atoms with E-state index in [1.807, 2.05) is 30.3 Å². The van der Waals surface area contributed by atoms with Gasteiger partial charge in [-0.25, -0.2) is 14.4 Å². The van der Waals surface area contributed by atoms with E-state index in [2.05, 4.69) is 20.2 Å². The Morgan fingerprint density at radius 2 is 1.80 bits per heavy atom. The lowest BCUT2D eigenvalue weighted by Crippen LogP contribution is -1.89. The van der Waals surface area contributed by atoms with E-state index in [0.29, 0.717) is 0 Å².